The first-order valence-electron chi connectivity index (χ1n) is 6.58. The molecule has 100 valence electrons. The van der Waals surface area contributed by atoms with Gasteiger partial charge in [0.1, 0.15) is 0 Å². The van der Waals surface area contributed by atoms with Crippen molar-refractivity contribution < 1.29 is 4.39 Å². The zero-order valence-corrected chi connectivity index (χ0v) is 11.8. The SMILES string of the molecule is Fc1c(Cl)cc(NC2CCCCCCC2)cc1Cl. The Kier molecular flexibility index (Phi) is 5.13. The molecular weight excluding hydrogens is 272 g/mol. The van der Waals surface area contributed by atoms with Gasteiger partial charge in [-0.05, 0) is 25.0 Å². The van der Waals surface area contributed by atoms with Gasteiger partial charge in [-0.1, -0.05) is 55.3 Å². The Labute approximate surface area is 118 Å². The van der Waals surface area contributed by atoms with Crippen LogP contribution in [0.5, 0.6) is 0 Å². The van der Waals surface area contributed by atoms with Crippen molar-refractivity contribution in [1.29, 1.82) is 0 Å². The lowest BCUT2D eigenvalue weighted by molar-refractivity contribution is 0.471. The maximum Gasteiger partial charge on any atom is 0.160 e. The van der Waals surface area contributed by atoms with Gasteiger partial charge in [0.2, 0.25) is 0 Å². The van der Waals surface area contributed by atoms with E-state index in [9.17, 15) is 4.39 Å². The minimum absolute atomic E-state index is 0.0795. The molecule has 1 aliphatic carbocycles. The van der Waals surface area contributed by atoms with E-state index in [1.54, 1.807) is 12.1 Å². The number of hydrogen-bond donors (Lipinski definition) is 1. The van der Waals surface area contributed by atoms with Gasteiger partial charge in [0.15, 0.2) is 5.82 Å². The van der Waals surface area contributed by atoms with Gasteiger partial charge in [-0.15, -0.1) is 0 Å². The molecule has 0 spiro atoms. The van der Waals surface area contributed by atoms with Crippen molar-refractivity contribution in [2.24, 2.45) is 0 Å². The van der Waals surface area contributed by atoms with Crippen molar-refractivity contribution in [1.82, 2.24) is 0 Å². The number of hydrogen-bond acceptors (Lipinski definition) is 1. The molecule has 0 heterocycles. The lowest BCUT2D eigenvalue weighted by Gasteiger charge is -2.22. The molecular formula is C14H18Cl2FN. The summed E-state index contributed by atoms with van der Waals surface area (Å²) in [6, 6.07) is 3.67. The molecule has 18 heavy (non-hydrogen) atoms. The molecule has 0 unspecified atom stereocenters. The van der Waals surface area contributed by atoms with E-state index in [4.69, 9.17) is 23.2 Å². The van der Waals surface area contributed by atoms with E-state index in [2.05, 4.69) is 5.32 Å². The Morgan fingerprint density at radius 2 is 1.44 bits per heavy atom. The van der Waals surface area contributed by atoms with Crippen LogP contribution in [-0.4, -0.2) is 6.04 Å². The monoisotopic (exact) mass is 289 g/mol. The molecule has 1 fully saturated rings. The van der Waals surface area contributed by atoms with E-state index in [0.29, 0.717) is 6.04 Å². The molecule has 0 radical (unpaired) electrons. The highest BCUT2D eigenvalue weighted by molar-refractivity contribution is 6.35. The van der Waals surface area contributed by atoms with E-state index < -0.39 is 5.82 Å². The topological polar surface area (TPSA) is 12.0 Å². The summed E-state index contributed by atoms with van der Waals surface area (Å²) in [5.74, 6) is -0.540. The molecule has 1 aliphatic rings. The second kappa shape index (κ2) is 6.63. The van der Waals surface area contributed by atoms with Gasteiger partial charge >= 0.3 is 0 Å². The standard InChI is InChI=1S/C14H18Cl2FN/c15-12-8-11(9-13(16)14(12)17)18-10-6-4-2-1-3-5-7-10/h8-10,18H,1-7H2. The van der Waals surface area contributed by atoms with Crippen molar-refractivity contribution in [2.45, 2.75) is 51.0 Å². The van der Waals surface area contributed by atoms with E-state index in [0.717, 1.165) is 18.5 Å². The molecule has 0 bridgehead atoms. The van der Waals surface area contributed by atoms with Gasteiger partial charge in [0.25, 0.3) is 0 Å². The summed E-state index contributed by atoms with van der Waals surface area (Å²) in [7, 11) is 0. The summed E-state index contributed by atoms with van der Waals surface area (Å²) in [5.41, 5.74) is 0.817. The van der Waals surface area contributed by atoms with Crippen molar-refractivity contribution in [3.63, 3.8) is 0 Å². The Bertz CT molecular complexity index is 378. The van der Waals surface area contributed by atoms with Crippen molar-refractivity contribution in [3.8, 4) is 0 Å². The molecule has 0 saturated heterocycles. The lowest BCUT2D eigenvalue weighted by atomic mass is 9.96. The Morgan fingerprint density at radius 1 is 0.944 bits per heavy atom. The molecule has 2 rings (SSSR count). The van der Waals surface area contributed by atoms with Crippen LogP contribution in [0.15, 0.2) is 12.1 Å². The van der Waals surface area contributed by atoms with Crippen LogP contribution in [0.1, 0.15) is 44.9 Å². The summed E-state index contributed by atoms with van der Waals surface area (Å²) >= 11 is 11.6. The van der Waals surface area contributed by atoms with Crippen LogP contribution in [0.2, 0.25) is 10.0 Å². The summed E-state index contributed by atoms with van der Waals surface area (Å²) in [5, 5.41) is 3.58. The third-order valence-electron chi connectivity index (χ3n) is 3.46. The van der Waals surface area contributed by atoms with Crippen molar-refractivity contribution in [2.75, 3.05) is 5.32 Å². The predicted molar refractivity (Wildman–Crippen MR) is 76.1 cm³/mol. The minimum Gasteiger partial charge on any atom is -0.382 e. The normalized spacial score (nSPS) is 18.2. The molecule has 1 nitrogen and oxygen atoms in total. The Hall–Kier alpha value is -0.470. The average molecular weight is 290 g/mol. The fraction of sp³-hybridized carbons (Fsp3) is 0.571. The molecule has 4 heteroatoms. The summed E-state index contributed by atoms with van der Waals surface area (Å²) in [4.78, 5) is 0. The smallest absolute Gasteiger partial charge is 0.160 e. The Balaban J connectivity index is 2.03. The van der Waals surface area contributed by atoms with Crippen LogP contribution in [0.3, 0.4) is 0 Å². The number of nitrogens with one attached hydrogen (secondary N) is 1. The van der Waals surface area contributed by atoms with Crippen molar-refractivity contribution in [3.05, 3.63) is 28.0 Å². The molecule has 1 N–H and O–H groups in total. The number of rotatable bonds is 2. The summed E-state index contributed by atoms with van der Waals surface area (Å²) < 4.78 is 13.3. The van der Waals surface area contributed by atoms with Crippen molar-refractivity contribution >= 4 is 28.9 Å². The third kappa shape index (κ3) is 3.76. The summed E-state index contributed by atoms with van der Waals surface area (Å²) in [6.07, 6.45) is 8.78. The molecule has 1 aromatic carbocycles. The molecule has 0 aromatic heterocycles. The second-order valence-corrected chi connectivity index (χ2v) is 5.75. The van der Waals surface area contributed by atoms with Crippen LogP contribution in [0.4, 0.5) is 10.1 Å². The molecule has 1 saturated carbocycles. The number of anilines is 1. The maximum absolute atomic E-state index is 13.3. The fourth-order valence-electron chi connectivity index (χ4n) is 2.48. The Morgan fingerprint density at radius 3 is 2.00 bits per heavy atom. The first-order valence-corrected chi connectivity index (χ1v) is 7.33. The lowest BCUT2D eigenvalue weighted by Crippen LogP contribution is -2.20. The van der Waals surface area contributed by atoms with Crippen LogP contribution in [0, 0.1) is 5.82 Å². The van der Waals surface area contributed by atoms with E-state index in [-0.39, 0.29) is 10.0 Å². The van der Waals surface area contributed by atoms with Gasteiger partial charge in [0, 0.05) is 11.7 Å². The zero-order valence-electron chi connectivity index (χ0n) is 10.3. The molecule has 0 amide bonds. The van der Waals surface area contributed by atoms with E-state index in [1.807, 2.05) is 0 Å². The number of halogens is 3. The average Bonchev–Trinajstić information content (AvgIpc) is 2.29. The van der Waals surface area contributed by atoms with Gasteiger partial charge in [-0.25, -0.2) is 4.39 Å². The highest BCUT2D eigenvalue weighted by atomic mass is 35.5. The van der Waals surface area contributed by atoms with Crippen LogP contribution in [-0.2, 0) is 0 Å². The van der Waals surface area contributed by atoms with Gasteiger partial charge < -0.3 is 5.32 Å². The van der Waals surface area contributed by atoms with Crippen LogP contribution >= 0.6 is 23.2 Å². The highest BCUT2D eigenvalue weighted by Gasteiger charge is 2.13. The van der Waals surface area contributed by atoms with Crippen LogP contribution in [0.25, 0.3) is 0 Å². The quantitative estimate of drug-likeness (QED) is 0.693. The first kappa shape index (κ1) is 14.0. The van der Waals surface area contributed by atoms with Gasteiger partial charge in [-0.2, -0.15) is 0 Å². The zero-order chi connectivity index (χ0) is 13.0. The second-order valence-electron chi connectivity index (χ2n) is 4.94. The number of benzene rings is 1. The highest BCUT2D eigenvalue weighted by Crippen LogP contribution is 2.29. The van der Waals surface area contributed by atoms with Crippen LogP contribution < -0.4 is 5.32 Å². The van der Waals surface area contributed by atoms with E-state index in [1.165, 1.54) is 32.1 Å². The van der Waals surface area contributed by atoms with E-state index >= 15 is 0 Å². The van der Waals surface area contributed by atoms with Gasteiger partial charge in [0.05, 0.1) is 10.0 Å². The summed E-state index contributed by atoms with van der Waals surface area (Å²) in [6.45, 7) is 0. The fourth-order valence-corrected chi connectivity index (χ4v) is 2.96. The first-order chi connectivity index (χ1) is 8.66. The molecule has 0 atom stereocenters. The molecule has 1 aromatic rings. The largest absolute Gasteiger partial charge is 0.382 e. The minimum atomic E-state index is -0.540. The predicted octanol–water partition coefficient (Wildman–Crippen LogP) is 5.66. The molecule has 0 aliphatic heterocycles. The maximum atomic E-state index is 13.3. The third-order valence-corrected chi connectivity index (χ3v) is 4.01. The van der Waals surface area contributed by atoms with Gasteiger partial charge in [-0.3, -0.25) is 0 Å².